The number of fused-ring (bicyclic) bond motifs is 1. The Morgan fingerprint density at radius 3 is 2.88 bits per heavy atom. The number of benzene rings is 2. The summed E-state index contributed by atoms with van der Waals surface area (Å²) >= 11 is 0. The van der Waals surface area contributed by atoms with Gasteiger partial charge in [-0.15, -0.1) is 5.10 Å². The van der Waals surface area contributed by atoms with Crippen LogP contribution >= 0.6 is 0 Å². The van der Waals surface area contributed by atoms with Gasteiger partial charge in [-0.3, -0.25) is 4.79 Å². The smallest absolute Gasteiger partial charge is 0.339 e. The van der Waals surface area contributed by atoms with E-state index >= 15 is 0 Å². The molecule has 8 heteroatoms. The van der Waals surface area contributed by atoms with Gasteiger partial charge in [0.2, 0.25) is 5.91 Å². The molecule has 1 amide bonds. The quantitative estimate of drug-likeness (QED) is 0.724. The number of aryl methyl sites for hydroxylation is 1. The minimum Gasteiger partial charge on any atom is -0.453 e. The van der Waals surface area contributed by atoms with Gasteiger partial charge in [0, 0.05) is 23.9 Å². The number of anilines is 1. The van der Waals surface area contributed by atoms with Crippen LogP contribution in [0.4, 0.5) is 5.69 Å². The first kappa shape index (κ1) is 15.9. The molecule has 3 aromatic rings. The van der Waals surface area contributed by atoms with E-state index in [1.165, 1.54) is 0 Å². The molecular formula is C18H15N5O3. The van der Waals surface area contributed by atoms with Crippen molar-refractivity contribution in [2.75, 3.05) is 5.32 Å². The minimum atomic E-state index is -0.565. The van der Waals surface area contributed by atoms with Crippen LogP contribution in [0.5, 0.6) is 0 Å². The molecule has 1 N–H and O–H groups in total. The molecule has 0 spiro atoms. The molecule has 1 aliphatic rings. The van der Waals surface area contributed by atoms with Crippen LogP contribution in [-0.2, 0) is 16.6 Å². The van der Waals surface area contributed by atoms with E-state index in [4.69, 9.17) is 4.74 Å². The molecule has 2 aromatic carbocycles. The molecule has 4 rings (SSSR count). The van der Waals surface area contributed by atoms with Crippen molar-refractivity contribution in [1.29, 1.82) is 0 Å². The number of cyclic esters (lactones) is 1. The first-order valence-electron chi connectivity index (χ1n) is 8.04. The minimum absolute atomic E-state index is 0.0541. The van der Waals surface area contributed by atoms with Crippen molar-refractivity contribution in [3.63, 3.8) is 0 Å². The van der Waals surface area contributed by atoms with Crippen molar-refractivity contribution in [3.8, 4) is 11.4 Å². The number of hydrogen-bond donors (Lipinski definition) is 1. The average Bonchev–Trinajstić information content (AvgIpc) is 3.19. The second-order valence-corrected chi connectivity index (χ2v) is 5.94. The second kappa shape index (κ2) is 6.40. The topological polar surface area (TPSA) is 99.0 Å². The Balaban J connectivity index is 1.48. The van der Waals surface area contributed by atoms with Crippen LogP contribution in [0.2, 0.25) is 0 Å². The summed E-state index contributed by atoms with van der Waals surface area (Å²) in [5.74, 6) is -0.0392. The molecule has 0 aliphatic carbocycles. The van der Waals surface area contributed by atoms with E-state index in [9.17, 15) is 9.59 Å². The lowest BCUT2D eigenvalue weighted by Crippen LogP contribution is -2.15. The third kappa shape index (κ3) is 2.92. The highest BCUT2D eigenvalue weighted by Gasteiger charge is 2.32. The van der Waals surface area contributed by atoms with Gasteiger partial charge >= 0.3 is 5.97 Å². The van der Waals surface area contributed by atoms with E-state index in [1.807, 2.05) is 18.2 Å². The van der Waals surface area contributed by atoms with E-state index in [1.54, 1.807) is 42.1 Å². The third-order valence-electron chi connectivity index (χ3n) is 4.17. The molecule has 2 heterocycles. The van der Waals surface area contributed by atoms with E-state index in [0.29, 0.717) is 17.1 Å². The lowest BCUT2D eigenvalue weighted by Gasteiger charge is -2.11. The molecule has 0 radical (unpaired) electrons. The monoisotopic (exact) mass is 349 g/mol. The van der Waals surface area contributed by atoms with Crippen LogP contribution in [0.3, 0.4) is 0 Å². The predicted molar refractivity (Wildman–Crippen MR) is 92.1 cm³/mol. The average molecular weight is 349 g/mol. The Kier molecular flexibility index (Phi) is 3.92. The van der Waals surface area contributed by atoms with Crippen molar-refractivity contribution < 1.29 is 14.3 Å². The number of ether oxygens (including phenoxy) is 1. The normalized spacial score (nSPS) is 15.4. The van der Waals surface area contributed by atoms with Crippen molar-refractivity contribution in [1.82, 2.24) is 20.2 Å². The molecule has 0 bridgehead atoms. The molecule has 0 fully saturated rings. The Labute approximate surface area is 148 Å². The van der Waals surface area contributed by atoms with E-state index < -0.39 is 12.1 Å². The van der Waals surface area contributed by atoms with Crippen LogP contribution in [0.1, 0.15) is 28.4 Å². The number of carbonyl (C=O) groups is 2. The molecule has 0 saturated carbocycles. The fourth-order valence-corrected chi connectivity index (χ4v) is 2.96. The predicted octanol–water partition coefficient (Wildman–Crippen LogP) is 2.12. The number of esters is 1. The maximum Gasteiger partial charge on any atom is 0.339 e. The number of nitrogens with zero attached hydrogens (tertiary/aromatic N) is 4. The number of aromatic nitrogens is 4. The van der Waals surface area contributed by atoms with Gasteiger partial charge in [-0.05, 0) is 28.6 Å². The Morgan fingerprint density at radius 1 is 1.23 bits per heavy atom. The molecule has 1 atom stereocenters. The number of rotatable bonds is 4. The molecule has 130 valence electrons. The highest BCUT2D eigenvalue weighted by molar-refractivity contribution is 5.96. The van der Waals surface area contributed by atoms with Crippen LogP contribution < -0.4 is 5.32 Å². The van der Waals surface area contributed by atoms with Crippen LogP contribution in [-0.4, -0.2) is 32.1 Å². The summed E-state index contributed by atoms with van der Waals surface area (Å²) in [6.45, 7) is 0. The molecule has 1 aliphatic heterocycles. The highest BCUT2D eigenvalue weighted by Crippen LogP contribution is 2.33. The summed E-state index contributed by atoms with van der Waals surface area (Å²) in [7, 11) is 1.74. The number of hydrogen-bond acceptors (Lipinski definition) is 6. The SMILES string of the molecule is Cn1nnnc1-c1cccc(NC(=O)C[C@@H]2OC(=O)c3ccccc32)c1. The van der Waals surface area contributed by atoms with Crippen LogP contribution in [0.25, 0.3) is 11.4 Å². The van der Waals surface area contributed by atoms with Gasteiger partial charge < -0.3 is 10.1 Å². The van der Waals surface area contributed by atoms with Crippen molar-refractivity contribution in [2.24, 2.45) is 7.05 Å². The zero-order chi connectivity index (χ0) is 18.1. The fourth-order valence-electron chi connectivity index (χ4n) is 2.96. The largest absolute Gasteiger partial charge is 0.453 e. The summed E-state index contributed by atoms with van der Waals surface area (Å²) in [6.07, 6.45) is -0.511. The summed E-state index contributed by atoms with van der Waals surface area (Å²) in [4.78, 5) is 24.3. The molecule has 0 unspecified atom stereocenters. The third-order valence-corrected chi connectivity index (χ3v) is 4.17. The number of amides is 1. The maximum absolute atomic E-state index is 12.4. The van der Waals surface area contributed by atoms with Crippen molar-refractivity contribution in [2.45, 2.75) is 12.5 Å². The first-order valence-corrected chi connectivity index (χ1v) is 8.04. The summed E-state index contributed by atoms with van der Waals surface area (Å²) in [6, 6.07) is 14.3. The van der Waals surface area contributed by atoms with Gasteiger partial charge in [0.05, 0.1) is 12.0 Å². The Morgan fingerprint density at radius 2 is 2.08 bits per heavy atom. The van der Waals surface area contributed by atoms with E-state index in [0.717, 1.165) is 11.1 Å². The van der Waals surface area contributed by atoms with Gasteiger partial charge in [-0.2, -0.15) is 0 Å². The van der Waals surface area contributed by atoms with Gasteiger partial charge in [-0.1, -0.05) is 30.3 Å². The molecule has 8 nitrogen and oxygen atoms in total. The first-order chi connectivity index (χ1) is 12.6. The van der Waals surface area contributed by atoms with E-state index in [-0.39, 0.29) is 12.3 Å². The lowest BCUT2D eigenvalue weighted by molar-refractivity contribution is -0.118. The number of nitrogens with one attached hydrogen (secondary N) is 1. The fraction of sp³-hybridized carbons (Fsp3) is 0.167. The zero-order valence-corrected chi connectivity index (χ0v) is 13.9. The number of tetrazole rings is 1. The van der Waals surface area contributed by atoms with Gasteiger partial charge in [0.15, 0.2) is 5.82 Å². The Bertz CT molecular complexity index is 998. The molecule has 26 heavy (non-hydrogen) atoms. The summed E-state index contributed by atoms with van der Waals surface area (Å²) in [5.41, 5.74) is 2.66. The molecule has 0 saturated heterocycles. The maximum atomic E-state index is 12.4. The van der Waals surface area contributed by atoms with Crippen LogP contribution in [0, 0.1) is 0 Å². The number of carbonyl (C=O) groups excluding carboxylic acids is 2. The summed E-state index contributed by atoms with van der Waals surface area (Å²) < 4.78 is 6.86. The lowest BCUT2D eigenvalue weighted by atomic mass is 10.0. The zero-order valence-electron chi connectivity index (χ0n) is 13.9. The Hall–Kier alpha value is -3.55. The highest BCUT2D eigenvalue weighted by atomic mass is 16.5. The summed E-state index contributed by atoms with van der Waals surface area (Å²) in [5, 5.41) is 14.2. The van der Waals surface area contributed by atoms with Crippen molar-refractivity contribution >= 4 is 17.6 Å². The van der Waals surface area contributed by atoms with Gasteiger partial charge in [0.1, 0.15) is 6.10 Å². The van der Waals surface area contributed by atoms with Crippen molar-refractivity contribution in [3.05, 3.63) is 59.7 Å². The van der Waals surface area contributed by atoms with Gasteiger partial charge in [0.25, 0.3) is 0 Å². The molecular weight excluding hydrogens is 334 g/mol. The van der Waals surface area contributed by atoms with Gasteiger partial charge in [-0.25, -0.2) is 9.48 Å². The standard InChI is InChI=1S/C18H15N5O3/c1-23-17(20-21-22-23)11-5-4-6-12(9-11)19-16(24)10-15-13-7-2-3-8-14(13)18(25)26-15/h2-9,15H,10H2,1H3,(H,19,24)/t15-/m0/s1. The van der Waals surface area contributed by atoms with E-state index in [2.05, 4.69) is 20.8 Å². The van der Waals surface area contributed by atoms with Crippen LogP contribution in [0.15, 0.2) is 48.5 Å². The molecule has 1 aromatic heterocycles. The second-order valence-electron chi connectivity index (χ2n) is 5.94.